The van der Waals surface area contributed by atoms with Crippen LogP contribution in [-0.4, -0.2) is 56.6 Å². The lowest BCUT2D eigenvalue weighted by Gasteiger charge is -2.31. The molecule has 3 aromatic rings. The molecule has 1 aliphatic rings. The van der Waals surface area contributed by atoms with E-state index in [1.54, 1.807) is 12.4 Å². The lowest BCUT2D eigenvalue weighted by Crippen LogP contribution is -2.35. The Kier molecular flexibility index (Phi) is 6.57. The molecule has 32 heavy (non-hydrogen) atoms. The van der Waals surface area contributed by atoms with Gasteiger partial charge in [-0.15, -0.1) is 0 Å². The summed E-state index contributed by atoms with van der Waals surface area (Å²) in [4.78, 5) is 24.3. The minimum Gasteiger partial charge on any atom is -0.395 e. The lowest BCUT2D eigenvalue weighted by atomic mass is 10.1. The predicted molar refractivity (Wildman–Crippen MR) is 127 cm³/mol. The van der Waals surface area contributed by atoms with E-state index < -0.39 is 0 Å². The smallest absolute Gasteiger partial charge is 0.262 e. The van der Waals surface area contributed by atoms with Gasteiger partial charge in [0, 0.05) is 49.8 Å². The molecule has 3 aromatic heterocycles. The van der Waals surface area contributed by atoms with E-state index in [0.717, 1.165) is 37.0 Å². The molecule has 0 amide bonds. The molecule has 4 rings (SSSR count). The zero-order valence-corrected chi connectivity index (χ0v) is 18.5. The summed E-state index contributed by atoms with van der Waals surface area (Å²) in [5, 5.41) is 26.8. The average molecular weight is 439 g/mol. The molecule has 1 saturated heterocycles. The van der Waals surface area contributed by atoms with E-state index in [1.807, 2.05) is 38.1 Å². The number of hydrogen-bond acceptors (Lipinski definition) is 8. The van der Waals surface area contributed by atoms with Crippen LogP contribution in [0.15, 0.2) is 41.5 Å². The Morgan fingerprint density at radius 1 is 1.19 bits per heavy atom. The van der Waals surface area contributed by atoms with E-state index in [9.17, 15) is 15.0 Å². The van der Waals surface area contributed by atoms with E-state index >= 15 is 0 Å². The minimum absolute atomic E-state index is 0.0859. The van der Waals surface area contributed by atoms with Crippen molar-refractivity contribution in [3.8, 4) is 0 Å². The molecule has 0 saturated carbocycles. The largest absolute Gasteiger partial charge is 0.395 e. The molecule has 0 spiro atoms. The van der Waals surface area contributed by atoms with Gasteiger partial charge in [0.1, 0.15) is 17.5 Å². The molecule has 0 atom stereocenters. The van der Waals surface area contributed by atoms with Crippen molar-refractivity contribution in [2.45, 2.75) is 45.4 Å². The van der Waals surface area contributed by atoms with Gasteiger partial charge in [0.05, 0.1) is 18.1 Å². The van der Waals surface area contributed by atoms with Crippen molar-refractivity contribution in [3.05, 3.63) is 47.0 Å². The fourth-order valence-electron chi connectivity index (χ4n) is 3.97. The Bertz CT molecular complexity index is 1140. The first-order chi connectivity index (χ1) is 15.4. The molecular weight excluding hydrogens is 408 g/mol. The Hall–Kier alpha value is -3.17. The first kappa shape index (κ1) is 22.0. The van der Waals surface area contributed by atoms with Crippen molar-refractivity contribution >= 4 is 33.9 Å². The Balaban J connectivity index is 1.67. The van der Waals surface area contributed by atoms with E-state index in [2.05, 4.69) is 25.5 Å². The highest BCUT2D eigenvalue weighted by molar-refractivity contribution is 5.93. The third-order valence-electron chi connectivity index (χ3n) is 5.55. The molecule has 4 heterocycles. The van der Waals surface area contributed by atoms with Gasteiger partial charge < -0.3 is 30.3 Å². The number of nitrogens with zero attached hydrogens (tertiary/aromatic N) is 4. The van der Waals surface area contributed by atoms with Crippen LogP contribution in [0.5, 0.6) is 0 Å². The summed E-state index contributed by atoms with van der Waals surface area (Å²) >= 11 is 0. The number of aliphatic hydroxyl groups is 2. The number of rotatable bonds is 7. The molecule has 1 fully saturated rings. The van der Waals surface area contributed by atoms with Gasteiger partial charge in [-0.1, -0.05) is 0 Å². The summed E-state index contributed by atoms with van der Waals surface area (Å²) in [5.41, 5.74) is 0.855. The Morgan fingerprint density at radius 2 is 1.97 bits per heavy atom. The second-order valence-corrected chi connectivity index (χ2v) is 8.40. The van der Waals surface area contributed by atoms with Crippen LogP contribution in [0.2, 0.25) is 0 Å². The lowest BCUT2D eigenvalue weighted by molar-refractivity contribution is 0.145. The van der Waals surface area contributed by atoms with E-state index in [-0.39, 0.29) is 30.9 Å². The summed E-state index contributed by atoms with van der Waals surface area (Å²) in [6, 6.07) is 7.71. The van der Waals surface area contributed by atoms with E-state index in [1.165, 1.54) is 4.57 Å². The van der Waals surface area contributed by atoms with Crippen molar-refractivity contribution in [2.24, 2.45) is 0 Å². The molecule has 170 valence electrons. The number of anilines is 4. The fraction of sp³-hybridized carbons (Fsp3) is 0.435. The third-order valence-corrected chi connectivity index (χ3v) is 5.55. The van der Waals surface area contributed by atoms with Gasteiger partial charge in [-0.2, -0.15) is 0 Å². The number of piperidine rings is 1. The first-order valence-electron chi connectivity index (χ1n) is 11.0. The molecule has 9 nitrogen and oxygen atoms in total. The van der Waals surface area contributed by atoms with Gasteiger partial charge in [0.15, 0.2) is 0 Å². The summed E-state index contributed by atoms with van der Waals surface area (Å²) in [6.45, 7) is 5.72. The average Bonchev–Trinajstić information content (AvgIpc) is 2.76. The van der Waals surface area contributed by atoms with Gasteiger partial charge >= 0.3 is 0 Å². The zero-order valence-electron chi connectivity index (χ0n) is 18.5. The molecule has 0 aliphatic carbocycles. The maximum absolute atomic E-state index is 12.9. The minimum atomic E-state index is -0.221. The number of hydrogen-bond donors (Lipinski definition) is 4. The summed E-state index contributed by atoms with van der Waals surface area (Å²) < 4.78 is 1.49. The Morgan fingerprint density at radius 3 is 2.69 bits per heavy atom. The van der Waals surface area contributed by atoms with Gasteiger partial charge in [0.25, 0.3) is 5.56 Å². The molecule has 0 bridgehead atoms. The van der Waals surface area contributed by atoms with Crippen LogP contribution in [0.1, 0.15) is 26.7 Å². The third kappa shape index (κ3) is 4.84. The van der Waals surface area contributed by atoms with Crippen LogP contribution in [0.4, 0.5) is 23.1 Å². The number of fused-ring (bicyclic) bond motifs is 1. The van der Waals surface area contributed by atoms with Gasteiger partial charge in [0.2, 0.25) is 0 Å². The molecule has 0 aromatic carbocycles. The SMILES string of the molecule is CC(C)Nc1nc(Nc2cc(N3CCC(O)CC3)ccn2)cc2ccn(CCO)c(=O)c12. The number of aliphatic hydroxyl groups excluding tert-OH is 2. The van der Waals surface area contributed by atoms with Gasteiger partial charge in [-0.05, 0) is 50.3 Å². The monoisotopic (exact) mass is 438 g/mol. The van der Waals surface area contributed by atoms with Crippen LogP contribution >= 0.6 is 0 Å². The Labute approximate surface area is 186 Å². The fourth-order valence-corrected chi connectivity index (χ4v) is 3.97. The number of nitrogens with one attached hydrogen (secondary N) is 2. The standard InChI is InChI=1S/C23H30N6O3/c1-15(2)25-22-21-16(4-8-29(11-12-30)23(21)32)13-20(27-22)26-19-14-17(3-7-24-19)28-9-5-18(31)6-10-28/h3-4,7-8,13-15,18,30-31H,5-6,9-12H2,1-2H3,(H2,24,25,26,27). The van der Waals surface area contributed by atoms with Crippen LogP contribution in [0.25, 0.3) is 10.8 Å². The van der Waals surface area contributed by atoms with Crippen molar-refractivity contribution < 1.29 is 10.2 Å². The number of aromatic nitrogens is 3. The quantitative estimate of drug-likeness (QED) is 0.444. The van der Waals surface area contributed by atoms with Gasteiger partial charge in [-0.3, -0.25) is 4.79 Å². The van der Waals surface area contributed by atoms with Crippen molar-refractivity contribution in [1.82, 2.24) is 14.5 Å². The topological polar surface area (TPSA) is 116 Å². The second-order valence-electron chi connectivity index (χ2n) is 8.40. The number of pyridine rings is 3. The highest BCUT2D eigenvalue weighted by Gasteiger charge is 2.18. The molecule has 0 unspecified atom stereocenters. The molecule has 0 radical (unpaired) electrons. The van der Waals surface area contributed by atoms with Crippen LogP contribution < -0.4 is 21.1 Å². The predicted octanol–water partition coefficient (Wildman–Crippen LogP) is 2.31. The van der Waals surface area contributed by atoms with Crippen LogP contribution in [0.3, 0.4) is 0 Å². The molecule has 9 heteroatoms. The normalized spacial score (nSPS) is 14.8. The summed E-state index contributed by atoms with van der Waals surface area (Å²) in [7, 11) is 0. The van der Waals surface area contributed by atoms with E-state index in [0.29, 0.717) is 22.8 Å². The highest BCUT2D eigenvalue weighted by Crippen LogP contribution is 2.27. The van der Waals surface area contributed by atoms with Crippen molar-refractivity contribution in [2.75, 3.05) is 35.2 Å². The van der Waals surface area contributed by atoms with Crippen LogP contribution in [0, 0.1) is 0 Å². The maximum atomic E-state index is 12.9. The highest BCUT2D eigenvalue weighted by atomic mass is 16.3. The van der Waals surface area contributed by atoms with Crippen LogP contribution in [-0.2, 0) is 6.54 Å². The summed E-state index contributed by atoms with van der Waals surface area (Å²) in [5.74, 6) is 1.74. The van der Waals surface area contributed by atoms with Crippen molar-refractivity contribution in [1.29, 1.82) is 0 Å². The summed E-state index contributed by atoms with van der Waals surface area (Å²) in [6.07, 6.45) is 4.74. The molecule has 4 N–H and O–H groups in total. The molecule has 1 aliphatic heterocycles. The molecular formula is C23H30N6O3. The second kappa shape index (κ2) is 9.54. The van der Waals surface area contributed by atoms with Crippen molar-refractivity contribution in [3.63, 3.8) is 0 Å². The first-order valence-corrected chi connectivity index (χ1v) is 11.0. The zero-order chi connectivity index (χ0) is 22.7. The maximum Gasteiger partial charge on any atom is 0.262 e. The van der Waals surface area contributed by atoms with Gasteiger partial charge in [-0.25, -0.2) is 9.97 Å². The van der Waals surface area contributed by atoms with E-state index in [4.69, 9.17) is 0 Å².